The SMILES string of the molecule is O=C(c1ccc([N+](=O)[O-])cc1)N1CCN(C2C=CCCC2)CC1. The van der Waals surface area contributed by atoms with Gasteiger partial charge in [0.05, 0.1) is 4.92 Å². The fraction of sp³-hybridized carbons (Fsp3) is 0.471. The lowest BCUT2D eigenvalue weighted by Gasteiger charge is -2.39. The van der Waals surface area contributed by atoms with Gasteiger partial charge in [0.2, 0.25) is 0 Å². The summed E-state index contributed by atoms with van der Waals surface area (Å²) in [4.78, 5) is 27.0. The summed E-state index contributed by atoms with van der Waals surface area (Å²) in [6, 6.07) is 6.36. The fourth-order valence-electron chi connectivity index (χ4n) is 3.26. The number of rotatable bonds is 3. The number of amides is 1. The van der Waals surface area contributed by atoms with E-state index in [-0.39, 0.29) is 11.6 Å². The van der Waals surface area contributed by atoms with Gasteiger partial charge in [0.1, 0.15) is 0 Å². The maximum atomic E-state index is 12.5. The second-order valence-corrected chi connectivity index (χ2v) is 6.06. The van der Waals surface area contributed by atoms with Gasteiger partial charge in [-0.1, -0.05) is 12.2 Å². The number of allylic oxidation sites excluding steroid dienone is 1. The molecule has 1 aliphatic carbocycles. The molecule has 122 valence electrons. The number of benzene rings is 1. The summed E-state index contributed by atoms with van der Waals surface area (Å²) >= 11 is 0. The van der Waals surface area contributed by atoms with Crippen LogP contribution in [-0.2, 0) is 0 Å². The van der Waals surface area contributed by atoms with Crippen LogP contribution in [0.15, 0.2) is 36.4 Å². The number of nitro benzene ring substituents is 1. The van der Waals surface area contributed by atoms with Gasteiger partial charge in [-0.3, -0.25) is 19.8 Å². The molecule has 1 aromatic carbocycles. The van der Waals surface area contributed by atoms with Crippen molar-refractivity contribution < 1.29 is 9.72 Å². The molecule has 1 aromatic rings. The molecule has 0 aromatic heterocycles. The number of nitrogens with zero attached hydrogens (tertiary/aromatic N) is 3. The number of piperazine rings is 1. The van der Waals surface area contributed by atoms with Crippen LogP contribution in [0.4, 0.5) is 5.69 Å². The van der Waals surface area contributed by atoms with Crippen LogP contribution in [0, 0.1) is 10.1 Å². The third kappa shape index (κ3) is 3.59. The zero-order chi connectivity index (χ0) is 16.2. The first kappa shape index (κ1) is 15.7. The number of non-ortho nitro benzene ring substituents is 1. The number of carbonyl (C=O) groups excluding carboxylic acids is 1. The molecule has 2 aliphatic rings. The van der Waals surface area contributed by atoms with Crippen LogP contribution in [0.1, 0.15) is 29.6 Å². The first-order valence-electron chi connectivity index (χ1n) is 8.09. The molecular formula is C17H21N3O3. The van der Waals surface area contributed by atoms with Crippen molar-refractivity contribution in [1.29, 1.82) is 0 Å². The fourth-order valence-corrected chi connectivity index (χ4v) is 3.26. The van der Waals surface area contributed by atoms with Crippen LogP contribution < -0.4 is 0 Å². The standard InChI is InChI=1S/C17H21N3O3/c21-17(14-6-8-16(9-7-14)20(22)23)19-12-10-18(11-13-19)15-4-2-1-3-5-15/h2,4,6-9,15H,1,3,5,10-13H2. The Morgan fingerprint density at radius 1 is 1.13 bits per heavy atom. The largest absolute Gasteiger partial charge is 0.336 e. The third-order valence-electron chi connectivity index (χ3n) is 4.62. The lowest BCUT2D eigenvalue weighted by atomic mass is 10.0. The summed E-state index contributed by atoms with van der Waals surface area (Å²) in [5.41, 5.74) is 0.525. The van der Waals surface area contributed by atoms with Crippen molar-refractivity contribution in [2.45, 2.75) is 25.3 Å². The zero-order valence-electron chi connectivity index (χ0n) is 13.1. The van der Waals surface area contributed by atoms with E-state index in [1.54, 1.807) is 0 Å². The molecular weight excluding hydrogens is 294 g/mol. The summed E-state index contributed by atoms with van der Waals surface area (Å²) in [5, 5.41) is 10.7. The van der Waals surface area contributed by atoms with E-state index >= 15 is 0 Å². The number of hydrogen-bond donors (Lipinski definition) is 0. The van der Waals surface area contributed by atoms with Crippen LogP contribution in [0.5, 0.6) is 0 Å². The highest BCUT2D eigenvalue weighted by Crippen LogP contribution is 2.19. The monoisotopic (exact) mass is 315 g/mol. The molecule has 1 atom stereocenters. The van der Waals surface area contributed by atoms with Crippen molar-refractivity contribution in [3.05, 3.63) is 52.1 Å². The lowest BCUT2D eigenvalue weighted by Crippen LogP contribution is -2.51. The number of nitro groups is 1. The van der Waals surface area contributed by atoms with E-state index in [1.165, 1.54) is 43.5 Å². The van der Waals surface area contributed by atoms with Gasteiger partial charge in [-0.2, -0.15) is 0 Å². The molecule has 1 saturated heterocycles. The van der Waals surface area contributed by atoms with Crippen molar-refractivity contribution in [3.8, 4) is 0 Å². The molecule has 23 heavy (non-hydrogen) atoms. The molecule has 0 N–H and O–H groups in total. The Labute approximate surface area is 135 Å². The summed E-state index contributed by atoms with van der Waals surface area (Å²) in [5.74, 6) is -0.0428. The summed E-state index contributed by atoms with van der Waals surface area (Å²) in [6.45, 7) is 3.18. The first-order chi connectivity index (χ1) is 11.1. The summed E-state index contributed by atoms with van der Waals surface area (Å²) in [7, 11) is 0. The van der Waals surface area contributed by atoms with Gasteiger partial charge in [-0.25, -0.2) is 0 Å². The van der Waals surface area contributed by atoms with E-state index in [9.17, 15) is 14.9 Å². The van der Waals surface area contributed by atoms with Gasteiger partial charge < -0.3 is 4.90 Å². The average molecular weight is 315 g/mol. The molecule has 6 heteroatoms. The predicted octanol–water partition coefficient (Wildman–Crippen LogP) is 2.46. The Bertz CT molecular complexity index is 604. The second-order valence-electron chi connectivity index (χ2n) is 6.06. The predicted molar refractivity (Wildman–Crippen MR) is 87.4 cm³/mol. The van der Waals surface area contributed by atoms with Crippen LogP contribution >= 0.6 is 0 Å². The van der Waals surface area contributed by atoms with Crippen molar-refractivity contribution in [2.24, 2.45) is 0 Å². The van der Waals surface area contributed by atoms with Gasteiger partial charge in [0, 0.05) is 49.9 Å². The highest BCUT2D eigenvalue weighted by Gasteiger charge is 2.26. The van der Waals surface area contributed by atoms with E-state index < -0.39 is 4.92 Å². The minimum atomic E-state index is -0.454. The third-order valence-corrected chi connectivity index (χ3v) is 4.62. The molecule has 1 heterocycles. The lowest BCUT2D eigenvalue weighted by molar-refractivity contribution is -0.384. The number of hydrogen-bond acceptors (Lipinski definition) is 4. The molecule has 0 radical (unpaired) electrons. The minimum absolute atomic E-state index is 0.00968. The van der Waals surface area contributed by atoms with Crippen molar-refractivity contribution in [3.63, 3.8) is 0 Å². The Morgan fingerprint density at radius 3 is 2.39 bits per heavy atom. The molecule has 1 aliphatic heterocycles. The Kier molecular flexibility index (Phi) is 4.71. The molecule has 1 fully saturated rings. The molecule has 3 rings (SSSR count). The van der Waals surface area contributed by atoms with E-state index in [0.29, 0.717) is 24.7 Å². The second kappa shape index (κ2) is 6.91. The molecule has 0 bridgehead atoms. The Morgan fingerprint density at radius 2 is 1.83 bits per heavy atom. The summed E-state index contributed by atoms with van der Waals surface area (Å²) in [6.07, 6.45) is 8.16. The van der Waals surface area contributed by atoms with Crippen LogP contribution in [0.25, 0.3) is 0 Å². The molecule has 0 spiro atoms. The molecule has 6 nitrogen and oxygen atoms in total. The molecule has 1 unspecified atom stereocenters. The van der Waals surface area contributed by atoms with Crippen molar-refractivity contribution in [1.82, 2.24) is 9.80 Å². The smallest absolute Gasteiger partial charge is 0.269 e. The minimum Gasteiger partial charge on any atom is -0.336 e. The van der Waals surface area contributed by atoms with Gasteiger partial charge in [0.15, 0.2) is 0 Å². The van der Waals surface area contributed by atoms with E-state index in [4.69, 9.17) is 0 Å². The van der Waals surface area contributed by atoms with Gasteiger partial charge in [0.25, 0.3) is 11.6 Å². The van der Waals surface area contributed by atoms with Crippen LogP contribution in [-0.4, -0.2) is 52.9 Å². The maximum Gasteiger partial charge on any atom is 0.269 e. The highest BCUT2D eigenvalue weighted by molar-refractivity contribution is 5.94. The Hall–Kier alpha value is -2.21. The van der Waals surface area contributed by atoms with E-state index in [2.05, 4.69) is 17.1 Å². The van der Waals surface area contributed by atoms with Crippen LogP contribution in [0.2, 0.25) is 0 Å². The van der Waals surface area contributed by atoms with Gasteiger partial charge in [-0.15, -0.1) is 0 Å². The molecule has 0 saturated carbocycles. The van der Waals surface area contributed by atoms with Gasteiger partial charge in [-0.05, 0) is 31.4 Å². The first-order valence-corrected chi connectivity index (χ1v) is 8.09. The quantitative estimate of drug-likeness (QED) is 0.488. The van der Waals surface area contributed by atoms with Crippen molar-refractivity contribution >= 4 is 11.6 Å². The number of carbonyl (C=O) groups is 1. The highest BCUT2D eigenvalue weighted by atomic mass is 16.6. The van der Waals surface area contributed by atoms with Gasteiger partial charge >= 0.3 is 0 Å². The Balaban J connectivity index is 1.58. The zero-order valence-corrected chi connectivity index (χ0v) is 13.1. The molecule has 1 amide bonds. The topological polar surface area (TPSA) is 66.7 Å². The van der Waals surface area contributed by atoms with E-state index in [1.807, 2.05) is 4.90 Å². The normalized spacial score (nSPS) is 22.1. The van der Waals surface area contributed by atoms with E-state index in [0.717, 1.165) is 13.1 Å². The average Bonchev–Trinajstić information content (AvgIpc) is 2.62. The summed E-state index contributed by atoms with van der Waals surface area (Å²) < 4.78 is 0. The van der Waals surface area contributed by atoms with Crippen LogP contribution in [0.3, 0.4) is 0 Å². The van der Waals surface area contributed by atoms with Crippen molar-refractivity contribution in [2.75, 3.05) is 26.2 Å². The maximum absolute atomic E-state index is 12.5.